The van der Waals surface area contributed by atoms with Gasteiger partial charge in [-0.1, -0.05) is 13.3 Å². The highest BCUT2D eigenvalue weighted by Gasteiger charge is 2.35. The molecule has 2 N–H and O–H groups in total. The largest absolute Gasteiger partial charge is 0.480 e. The number of carbonyl (C=O) groups is 2. The monoisotopic (exact) mass is 297 g/mol. The number of carboxylic acids is 1. The summed E-state index contributed by atoms with van der Waals surface area (Å²) in [5.74, 6) is -0.463. The zero-order valence-electron chi connectivity index (χ0n) is 12.9. The van der Waals surface area contributed by atoms with E-state index in [1.165, 1.54) is 0 Å². The van der Waals surface area contributed by atoms with Gasteiger partial charge in [0.15, 0.2) is 0 Å². The maximum absolute atomic E-state index is 12.5. The van der Waals surface area contributed by atoms with Crippen LogP contribution in [0.15, 0.2) is 0 Å². The highest BCUT2D eigenvalue weighted by Crippen LogP contribution is 2.25. The molecule has 0 aromatic heterocycles. The molecule has 0 saturated carbocycles. The van der Waals surface area contributed by atoms with Gasteiger partial charge in [0.05, 0.1) is 6.54 Å². The Kier molecular flexibility index (Phi) is 5.99. The number of aliphatic carboxylic acids is 1. The van der Waals surface area contributed by atoms with Gasteiger partial charge < -0.3 is 15.3 Å². The third-order valence-electron chi connectivity index (χ3n) is 4.69. The molecule has 2 aliphatic rings. The van der Waals surface area contributed by atoms with Crippen molar-refractivity contribution in [3.8, 4) is 0 Å². The summed E-state index contributed by atoms with van der Waals surface area (Å²) in [5, 5.41) is 12.7. The van der Waals surface area contributed by atoms with Crippen molar-refractivity contribution in [3.05, 3.63) is 0 Å². The fourth-order valence-electron chi connectivity index (χ4n) is 3.28. The van der Waals surface area contributed by atoms with Crippen molar-refractivity contribution in [1.29, 1.82) is 0 Å². The Balaban J connectivity index is 1.94. The Hall–Kier alpha value is -1.14. The summed E-state index contributed by atoms with van der Waals surface area (Å²) in [6, 6.07) is -0.638. The van der Waals surface area contributed by atoms with Gasteiger partial charge in [0.1, 0.15) is 6.04 Å². The molecule has 0 aliphatic carbocycles. The summed E-state index contributed by atoms with van der Waals surface area (Å²) >= 11 is 0. The number of hydrogen-bond acceptors (Lipinski definition) is 4. The van der Waals surface area contributed by atoms with Crippen LogP contribution in [-0.2, 0) is 9.59 Å². The van der Waals surface area contributed by atoms with E-state index in [2.05, 4.69) is 17.1 Å². The summed E-state index contributed by atoms with van der Waals surface area (Å²) in [4.78, 5) is 27.7. The van der Waals surface area contributed by atoms with Crippen molar-refractivity contribution < 1.29 is 14.7 Å². The number of rotatable bonds is 4. The van der Waals surface area contributed by atoms with Crippen molar-refractivity contribution >= 4 is 11.9 Å². The van der Waals surface area contributed by atoms with Crippen LogP contribution in [-0.4, -0.2) is 72.1 Å². The molecule has 2 aliphatic heterocycles. The molecule has 2 fully saturated rings. The van der Waals surface area contributed by atoms with Crippen molar-refractivity contribution in [2.45, 2.75) is 38.6 Å². The summed E-state index contributed by atoms with van der Waals surface area (Å²) < 4.78 is 0. The van der Waals surface area contributed by atoms with Crippen molar-refractivity contribution in [1.82, 2.24) is 15.1 Å². The van der Waals surface area contributed by atoms with Gasteiger partial charge in [-0.25, -0.2) is 4.79 Å². The van der Waals surface area contributed by atoms with E-state index in [9.17, 15) is 14.7 Å². The lowest BCUT2D eigenvalue weighted by molar-refractivity contribution is -0.153. The predicted molar refractivity (Wildman–Crippen MR) is 80.1 cm³/mol. The fraction of sp³-hybridized carbons (Fsp3) is 0.867. The first-order valence-electron chi connectivity index (χ1n) is 8.07. The van der Waals surface area contributed by atoms with Crippen LogP contribution in [0, 0.1) is 5.92 Å². The van der Waals surface area contributed by atoms with Gasteiger partial charge in [-0.15, -0.1) is 0 Å². The van der Waals surface area contributed by atoms with Crippen LogP contribution in [0.4, 0.5) is 0 Å². The molecular weight excluding hydrogens is 270 g/mol. The molecular formula is C15H27N3O3. The average Bonchev–Trinajstić information content (AvgIpc) is 2.75. The highest BCUT2D eigenvalue weighted by molar-refractivity contribution is 5.85. The normalized spacial score (nSPS) is 28.1. The molecule has 0 radical (unpaired) electrons. The molecule has 21 heavy (non-hydrogen) atoms. The van der Waals surface area contributed by atoms with Crippen molar-refractivity contribution in [2.75, 3.05) is 39.3 Å². The van der Waals surface area contributed by atoms with Gasteiger partial charge in [0, 0.05) is 19.6 Å². The molecule has 2 unspecified atom stereocenters. The molecule has 2 atom stereocenters. The zero-order valence-corrected chi connectivity index (χ0v) is 12.9. The number of piperidine rings is 1. The molecule has 2 rings (SSSR count). The first-order chi connectivity index (χ1) is 10.1. The Labute approximate surface area is 126 Å². The molecule has 0 aromatic rings. The molecule has 2 heterocycles. The van der Waals surface area contributed by atoms with Gasteiger partial charge in [0.2, 0.25) is 5.91 Å². The Morgan fingerprint density at radius 1 is 1.24 bits per heavy atom. The summed E-state index contributed by atoms with van der Waals surface area (Å²) in [6.07, 6.45) is 3.55. The van der Waals surface area contributed by atoms with Crippen LogP contribution in [0.25, 0.3) is 0 Å². The second-order valence-corrected chi connectivity index (χ2v) is 6.12. The van der Waals surface area contributed by atoms with E-state index in [0.717, 1.165) is 45.4 Å². The Morgan fingerprint density at radius 3 is 2.76 bits per heavy atom. The van der Waals surface area contributed by atoms with Crippen LogP contribution in [0.5, 0.6) is 0 Å². The molecule has 120 valence electrons. The third-order valence-corrected chi connectivity index (χ3v) is 4.69. The number of carbonyl (C=O) groups excluding carboxylic acids is 1. The zero-order chi connectivity index (χ0) is 15.2. The van der Waals surface area contributed by atoms with E-state index >= 15 is 0 Å². The van der Waals surface area contributed by atoms with Gasteiger partial charge in [-0.2, -0.15) is 0 Å². The maximum Gasteiger partial charge on any atom is 0.326 e. The first-order valence-corrected chi connectivity index (χ1v) is 8.07. The topological polar surface area (TPSA) is 72.9 Å². The summed E-state index contributed by atoms with van der Waals surface area (Å²) in [6.45, 7) is 6.67. The lowest BCUT2D eigenvalue weighted by Crippen LogP contribution is -2.53. The molecule has 6 heteroatoms. The third kappa shape index (κ3) is 4.41. The van der Waals surface area contributed by atoms with E-state index in [4.69, 9.17) is 0 Å². The SMILES string of the molecule is CCC1CCN(C(=O)CN2CCCNCC2)C(C(=O)O)C1. The van der Waals surface area contributed by atoms with E-state index in [1.54, 1.807) is 4.90 Å². The second kappa shape index (κ2) is 7.75. The van der Waals surface area contributed by atoms with E-state index in [0.29, 0.717) is 25.4 Å². The fourth-order valence-corrected chi connectivity index (χ4v) is 3.28. The number of nitrogens with one attached hydrogen (secondary N) is 1. The molecule has 0 bridgehead atoms. The number of carboxylic acid groups (broad SMARTS) is 1. The minimum Gasteiger partial charge on any atom is -0.480 e. The van der Waals surface area contributed by atoms with Crippen molar-refractivity contribution in [2.24, 2.45) is 5.92 Å². The van der Waals surface area contributed by atoms with Gasteiger partial charge >= 0.3 is 5.97 Å². The summed E-state index contributed by atoms with van der Waals surface area (Å²) in [5.41, 5.74) is 0. The quantitative estimate of drug-likeness (QED) is 0.785. The Bertz CT molecular complexity index is 367. The van der Waals surface area contributed by atoms with Crippen LogP contribution >= 0.6 is 0 Å². The minimum absolute atomic E-state index is 0.0288. The number of likely N-dealkylation sites (tertiary alicyclic amines) is 1. The molecule has 0 spiro atoms. The van der Waals surface area contributed by atoms with Gasteiger partial charge in [0.25, 0.3) is 0 Å². The van der Waals surface area contributed by atoms with Crippen LogP contribution < -0.4 is 5.32 Å². The van der Waals surface area contributed by atoms with E-state index in [-0.39, 0.29) is 5.91 Å². The number of nitrogens with zero attached hydrogens (tertiary/aromatic N) is 2. The lowest BCUT2D eigenvalue weighted by Gasteiger charge is -2.38. The maximum atomic E-state index is 12.5. The molecule has 2 saturated heterocycles. The second-order valence-electron chi connectivity index (χ2n) is 6.12. The lowest BCUT2D eigenvalue weighted by atomic mass is 9.89. The smallest absolute Gasteiger partial charge is 0.326 e. The van der Waals surface area contributed by atoms with Gasteiger partial charge in [-0.3, -0.25) is 9.69 Å². The predicted octanol–water partition coefficient (Wildman–Crippen LogP) is 0.384. The molecule has 0 aromatic carbocycles. The average molecular weight is 297 g/mol. The Morgan fingerprint density at radius 2 is 2.05 bits per heavy atom. The van der Waals surface area contributed by atoms with E-state index < -0.39 is 12.0 Å². The molecule has 1 amide bonds. The standard InChI is InChI=1S/C15H27N3O3/c1-2-12-4-8-18(13(10-12)15(20)21)14(19)11-17-7-3-5-16-6-9-17/h12-13,16H,2-11H2,1H3,(H,20,21). The summed E-state index contributed by atoms with van der Waals surface area (Å²) in [7, 11) is 0. The van der Waals surface area contributed by atoms with Gasteiger partial charge in [-0.05, 0) is 38.3 Å². The molecule has 6 nitrogen and oxygen atoms in total. The van der Waals surface area contributed by atoms with Crippen LogP contribution in [0.1, 0.15) is 32.6 Å². The van der Waals surface area contributed by atoms with E-state index in [1.807, 2.05) is 0 Å². The number of amides is 1. The van der Waals surface area contributed by atoms with Crippen molar-refractivity contribution in [3.63, 3.8) is 0 Å². The van der Waals surface area contributed by atoms with Crippen LogP contribution in [0.2, 0.25) is 0 Å². The minimum atomic E-state index is -0.862. The van der Waals surface area contributed by atoms with Crippen LogP contribution in [0.3, 0.4) is 0 Å². The number of hydrogen-bond donors (Lipinski definition) is 2. The first kappa shape index (κ1) is 16.2. The highest BCUT2D eigenvalue weighted by atomic mass is 16.4.